The number of carbonyl (C=O) groups is 2. The van der Waals surface area contributed by atoms with Crippen molar-refractivity contribution in [2.45, 2.75) is 32.7 Å². The summed E-state index contributed by atoms with van der Waals surface area (Å²) in [5, 5.41) is 2.76. The standard InChI is InChI=1S/C15H18F2N2O2/c1-3-9(2)18-14(20)11-6-7-19(15(11)21)13-5-4-10(16)8-12(13)17/h4-5,8-9,11H,3,6-7H2,1-2H3,(H,18,20)/t9-,11-/m0/s1. The summed E-state index contributed by atoms with van der Waals surface area (Å²) in [5.74, 6) is -3.08. The highest BCUT2D eigenvalue weighted by Gasteiger charge is 2.38. The van der Waals surface area contributed by atoms with Gasteiger partial charge in [0, 0.05) is 18.7 Å². The molecule has 0 spiro atoms. The zero-order chi connectivity index (χ0) is 15.6. The molecule has 0 aliphatic carbocycles. The molecule has 1 heterocycles. The third-order valence-electron chi connectivity index (χ3n) is 3.72. The molecular formula is C15H18F2N2O2. The van der Waals surface area contributed by atoms with Crippen LogP contribution in [0.15, 0.2) is 18.2 Å². The van der Waals surface area contributed by atoms with Gasteiger partial charge in [0.05, 0.1) is 5.69 Å². The normalized spacial score (nSPS) is 19.7. The minimum atomic E-state index is -0.802. The summed E-state index contributed by atoms with van der Waals surface area (Å²) in [6, 6.07) is 3.03. The van der Waals surface area contributed by atoms with E-state index in [1.807, 2.05) is 13.8 Å². The van der Waals surface area contributed by atoms with E-state index in [1.165, 1.54) is 11.0 Å². The number of hydrogen-bond donors (Lipinski definition) is 1. The van der Waals surface area contributed by atoms with Gasteiger partial charge in [0.2, 0.25) is 11.8 Å². The number of nitrogens with zero attached hydrogens (tertiary/aromatic N) is 1. The van der Waals surface area contributed by atoms with E-state index in [2.05, 4.69) is 5.32 Å². The molecule has 0 unspecified atom stereocenters. The number of halogens is 2. The largest absolute Gasteiger partial charge is 0.353 e. The lowest BCUT2D eigenvalue weighted by Gasteiger charge is -2.18. The van der Waals surface area contributed by atoms with Crippen molar-refractivity contribution in [2.75, 3.05) is 11.4 Å². The molecule has 0 saturated carbocycles. The Balaban J connectivity index is 2.13. The molecule has 0 radical (unpaired) electrons. The Morgan fingerprint density at radius 3 is 2.81 bits per heavy atom. The quantitative estimate of drug-likeness (QED) is 0.866. The molecule has 1 N–H and O–H groups in total. The molecular weight excluding hydrogens is 278 g/mol. The summed E-state index contributed by atoms with van der Waals surface area (Å²) in [7, 11) is 0. The first-order valence-electron chi connectivity index (χ1n) is 7.00. The molecule has 1 aliphatic rings. The van der Waals surface area contributed by atoms with Crippen molar-refractivity contribution in [2.24, 2.45) is 5.92 Å². The van der Waals surface area contributed by atoms with E-state index in [1.54, 1.807) is 0 Å². The van der Waals surface area contributed by atoms with Gasteiger partial charge in [-0.1, -0.05) is 6.92 Å². The third kappa shape index (κ3) is 3.20. The van der Waals surface area contributed by atoms with E-state index in [0.717, 1.165) is 18.6 Å². The molecule has 2 rings (SSSR count). The lowest BCUT2D eigenvalue weighted by atomic mass is 10.1. The van der Waals surface area contributed by atoms with Crippen LogP contribution in [0, 0.1) is 17.6 Å². The van der Waals surface area contributed by atoms with Gasteiger partial charge in [-0.25, -0.2) is 8.78 Å². The molecule has 114 valence electrons. The molecule has 0 aromatic heterocycles. The zero-order valence-electron chi connectivity index (χ0n) is 12.0. The zero-order valence-corrected chi connectivity index (χ0v) is 12.0. The molecule has 1 aromatic carbocycles. The molecule has 2 atom stereocenters. The Labute approximate surface area is 122 Å². The number of benzene rings is 1. The first kappa shape index (κ1) is 15.4. The van der Waals surface area contributed by atoms with Gasteiger partial charge < -0.3 is 10.2 Å². The number of rotatable bonds is 4. The van der Waals surface area contributed by atoms with Crippen molar-refractivity contribution in [1.29, 1.82) is 0 Å². The fraction of sp³-hybridized carbons (Fsp3) is 0.467. The van der Waals surface area contributed by atoms with E-state index in [4.69, 9.17) is 0 Å². The van der Waals surface area contributed by atoms with Gasteiger partial charge in [0.15, 0.2) is 0 Å². The van der Waals surface area contributed by atoms with E-state index < -0.39 is 23.5 Å². The van der Waals surface area contributed by atoms with Gasteiger partial charge in [-0.15, -0.1) is 0 Å². The van der Waals surface area contributed by atoms with Crippen molar-refractivity contribution in [3.05, 3.63) is 29.8 Å². The van der Waals surface area contributed by atoms with Gasteiger partial charge in [0.1, 0.15) is 17.6 Å². The number of hydrogen-bond acceptors (Lipinski definition) is 2. The van der Waals surface area contributed by atoms with Crippen molar-refractivity contribution in [3.63, 3.8) is 0 Å². The first-order valence-corrected chi connectivity index (χ1v) is 7.00. The summed E-state index contributed by atoms with van der Waals surface area (Å²) in [5.41, 5.74) is 0.0141. The second-order valence-corrected chi connectivity index (χ2v) is 5.24. The second-order valence-electron chi connectivity index (χ2n) is 5.24. The molecule has 2 amide bonds. The number of nitrogens with one attached hydrogen (secondary N) is 1. The molecule has 6 heteroatoms. The Hall–Kier alpha value is -1.98. The summed E-state index contributed by atoms with van der Waals surface area (Å²) in [6.45, 7) is 4.04. The highest BCUT2D eigenvalue weighted by Crippen LogP contribution is 2.28. The average Bonchev–Trinajstić information content (AvgIpc) is 2.80. The van der Waals surface area contributed by atoms with Crippen molar-refractivity contribution >= 4 is 17.5 Å². The number of amides is 2. The van der Waals surface area contributed by atoms with Crippen molar-refractivity contribution in [1.82, 2.24) is 5.32 Å². The van der Waals surface area contributed by atoms with Crippen LogP contribution in [0.4, 0.5) is 14.5 Å². The lowest BCUT2D eigenvalue weighted by molar-refractivity contribution is -0.132. The van der Waals surface area contributed by atoms with Crippen LogP contribution in [-0.2, 0) is 9.59 Å². The molecule has 1 aromatic rings. The molecule has 1 fully saturated rings. The Morgan fingerprint density at radius 1 is 1.48 bits per heavy atom. The third-order valence-corrected chi connectivity index (χ3v) is 3.72. The van der Waals surface area contributed by atoms with Crippen LogP contribution in [0.1, 0.15) is 26.7 Å². The minimum Gasteiger partial charge on any atom is -0.353 e. The SMILES string of the molecule is CC[C@H](C)NC(=O)[C@@H]1CCN(c2ccc(F)cc2F)C1=O. The van der Waals surface area contributed by atoms with Crippen molar-refractivity contribution in [3.8, 4) is 0 Å². The van der Waals surface area contributed by atoms with Crippen LogP contribution in [-0.4, -0.2) is 24.4 Å². The van der Waals surface area contributed by atoms with E-state index >= 15 is 0 Å². The minimum absolute atomic E-state index is 0.0121. The van der Waals surface area contributed by atoms with Crippen LogP contribution in [0.25, 0.3) is 0 Å². The summed E-state index contributed by atoms with van der Waals surface area (Å²) in [6.07, 6.45) is 1.10. The predicted molar refractivity (Wildman–Crippen MR) is 74.7 cm³/mol. The molecule has 1 saturated heterocycles. The highest BCUT2D eigenvalue weighted by molar-refractivity contribution is 6.09. The van der Waals surface area contributed by atoms with Crippen molar-refractivity contribution < 1.29 is 18.4 Å². The molecule has 21 heavy (non-hydrogen) atoms. The van der Waals surface area contributed by atoms with Gasteiger partial charge in [-0.05, 0) is 31.9 Å². The topological polar surface area (TPSA) is 49.4 Å². The number of anilines is 1. The van der Waals surface area contributed by atoms with Crippen LogP contribution in [0.3, 0.4) is 0 Å². The first-order chi connectivity index (χ1) is 9.93. The van der Waals surface area contributed by atoms with Gasteiger partial charge >= 0.3 is 0 Å². The van der Waals surface area contributed by atoms with Gasteiger partial charge in [0.25, 0.3) is 0 Å². The Morgan fingerprint density at radius 2 is 2.19 bits per heavy atom. The summed E-state index contributed by atoms with van der Waals surface area (Å²) in [4.78, 5) is 25.5. The van der Waals surface area contributed by atoms with Gasteiger partial charge in [-0.2, -0.15) is 0 Å². The number of carbonyl (C=O) groups excluding carboxylic acids is 2. The predicted octanol–water partition coefficient (Wildman–Crippen LogP) is 2.23. The van der Waals surface area contributed by atoms with Crippen LogP contribution >= 0.6 is 0 Å². The fourth-order valence-corrected chi connectivity index (χ4v) is 2.31. The maximum absolute atomic E-state index is 13.7. The second kappa shape index (κ2) is 6.20. The molecule has 1 aliphatic heterocycles. The van der Waals surface area contributed by atoms with E-state index in [0.29, 0.717) is 6.42 Å². The fourth-order valence-electron chi connectivity index (χ4n) is 2.31. The maximum atomic E-state index is 13.7. The summed E-state index contributed by atoms with van der Waals surface area (Å²) < 4.78 is 26.6. The molecule has 0 bridgehead atoms. The maximum Gasteiger partial charge on any atom is 0.239 e. The Bertz CT molecular complexity index is 563. The van der Waals surface area contributed by atoms with E-state index in [-0.39, 0.29) is 24.2 Å². The van der Waals surface area contributed by atoms with Crippen LogP contribution in [0.5, 0.6) is 0 Å². The van der Waals surface area contributed by atoms with Crippen LogP contribution in [0.2, 0.25) is 0 Å². The Kier molecular flexibility index (Phi) is 4.55. The average molecular weight is 296 g/mol. The summed E-state index contributed by atoms with van der Waals surface area (Å²) >= 11 is 0. The highest BCUT2D eigenvalue weighted by atomic mass is 19.1. The van der Waals surface area contributed by atoms with Gasteiger partial charge in [-0.3, -0.25) is 9.59 Å². The smallest absolute Gasteiger partial charge is 0.239 e. The van der Waals surface area contributed by atoms with Crippen LogP contribution < -0.4 is 10.2 Å². The van der Waals surface area contributed by atoms with E-state index in [9.17, 15) is 18.4 Å². The monoisotopic (exact) mass is 296 g/mol. The lowest BCUT2D eigenvalue weighted by Crippen LogP contribution is -2.40. The molecule has 4 nitrogen and oxygen atoms in total.